The van der Waals surface area contributed by atoms with Gasteiger partial charge in [-0.1, -0.05) is 17.7 Å². The van der Waals surface area contributed by atoms with Crippen LogP contribution in [0.25, 0.3) is 0 Å². The molecule has 1 aromatic heterocycles. The monoisotopic (exact) mass is 237 g/mol. The van der Waals surface area contributed by atoms with E-state index in [9.17, 15) is 4.39 Å². The van der Waals surface area contributed by atoms with Crippen LogP contribution < -0.4 is 11.1 Å². The van der Waals surface area contributed by atoms with Crippen molar-refractivity contribution in [1.82, 2.24) is 4.98 Å². The van der Waals surface area contributed by atoms with Crippen molar-refractivity contribution < 1.29 is 4.39 Å². The molecule has 0 unspecified atom stereocenters. The summed E-state index contributed by atoms with van der Waals surface area (Å²) in [6.07, 6.45) is 0. The summed E-state index contributed by atoms with van der Waals surface area (Å²) < 4.78 is 13.4. The van der Waals surface area contributed by atoms with Crippen molar-refractivity contribution in [3.8, 4) is 0 Å². The Hall–Kier alpha value is -1.81. The zero-order chi connectivity index (χ0) is 11.5. The summed E-state index contributed by atoms with van der Waals surface area (Å²) in [7, 11) is 0. The molecule has 5 heteroatoms. The van der Waals surface area contributed by atoms with Gasteiger partial charge in [0.05, 0.1) is 5.69 Å². The van der Waals surface area contributed by atoms with E-state index in [-0.39, 0.29) is 0 Å². The first-order valence-corrected chi connectivity index (χ1v) is 4.97. The molecule has 0 atom stereocenters. The quantitative estimate of drug-likeness (QED) is 0.843. The minimum Gasteiger partial charge on any atom is -0.384 e. The molecule has 3 N–H and O–H groups in total. The molecule has 82 valence electrons. The van der Waals surface area contributed by atoms with Gasteiger partial charge in [0.15, 0.2) is 0 Å². The van der Waals surface area contributed by atoms with E-state index in [0.717, 1.165) is 0 Å². The first-order valence-electron chi connectivity index (χ1n) is 4.60. The molecule has 16 heavy (non-hydrogen) atoms. The lowest BCUT2D eigenvalue weighted by Crippen LogP contribution is -1.98. The van der Waals surface area contributed by atoms with Crippen LogP contribution in [0.5, 0.6) is 0 Å². The lowest BCUT2D eigenvalue weighted by atomic mass is 10.3. The number of halogens is 2. The second-order valence-corrected chi connectivity index (χ2v) is 3.63. The van der Waals surface area contributed by atoms with Crippen LogP contribution in [0.2, 0.25) is 5.02 Å². The second-order valence-electron chi connectivity index (χ2n) is 3.20. The Labute approximate surface area is 97.1 Å². The summed E-state index contributed by atoms with van der Waals surface area (Å²) in [4.78, 5) is 4.00. The standard InChI is InChI=1S/C11H9ClFN3/c12-7-4-5-9(8(13)6-7)15-11-3-1-2-10(14)16-11/h1-6H,(H3,14,15,16). The molecule has 0 bridgehead atoms. The van der Waals surface area contributed by atoms with Gasteiger partial charge in [0.2, 0.25) is 0 Å². The maximum Gasteiger partial charge on any atom is 0.148 e. The Kier molecular flexibility index (Phi) is 2.92. The fraction of sp³-hybridized carbons (Fsp3) is 0. The van der Waals surface area contributed by atoms with Crippen LogP contribution in [0.4, 0.5) is 21.7 Å². The molecule has 1 heterocycles. The van der Waals surface area contributed by atoms with E-state index in [4.69, 9.17) is 17.3 Å². The Bertz CT molecular complexity index is 516. The number of nitrogens with one attached hydrogen (secondary N) is 1. The molecule has 1 aromatic carbocycles. The molecule has 0 saturated heterocycles. The fourth-order valence-corrected chi connectivity index (χ4v) is 1.41. The van der Waals surface area contributed by atoms with Gasteiger partial charge in [0.1, 0.15) is 17.5 Å². The maximum atomic E-state index is 13.4. The highest BCUT2D eigenvalue weighted by atomic mass is 35.5. The summed E-state index contributed by atoms with van der Waals surface area (Å²) in [5, 5.41) is 3.17. The van der Waals surface area contributed by atoms with Crippen LogP contribution in [-0.2, 0) is 0 Å². The Morgan fingerprint density at radius 1 is 1.25 bits per heavy atom. The van der Waals surface area contributed by atoms with Gasteiger partial charge >= 0.3 is 0 Å². The van der Waals surface area contributed by atoms with Crippen molar-refractivity contribution in [3.05, 3.63) is 47.2 Å². The van der Waals surface area contributed by atoms with Crippen LogP contribution >= 0.6 is 11.6 Å². The largest absolute Gasteiger partial charge is 0.384 e. The SMILES string of the molecule is Nc1cccc(Nc2ccc(Cl)cc2F)n1. The molecule has 0 aliphatic rings. The van der Waals surface area contributed by atoms with Crippen molar-refractivity contribution in [1.29, 1.82) is 0 Å². The third-order valence-electron chi connectivity index (χ3n) is 1.96. The number of hydrogen-bond acceptors (Lipinski definition) is 3. The highest BCUT2D eigenvalue weighted by Gasteiger charge is 2.03. The minimum atomic E-state index is -0.434. The van der Waals surface area contributed by atoms with Gasteiger partial charge < -0.3 is 11.1 Å². The van der Waals surface area contributed by atoms with Crippen LogP contribution in [0, 0.1) is 5.82 Å². The highest BCUT2D eigenvalue weighted by Crippen LogP contribution is 2.22. The predicted molar refractivity (Wildman–Crippen MR) is 63.3 cm³/mol. The molecule has 2 aromatic rings. The normalized spacial score (nSPS) is 10.1. The van der Waals surface area contributed by atoms with Crippen molar-refractivity contribution in [2.24, 2.45) is 0 Å². The minimum absolute atomic E-state index is 0.308. The maximum absolute atomic E-state index is 13.4. The third-order valence-corrected chi connectivity index (χ3v) is 2.20. The van der Waals surface area contributed by atoms with Gasteiger partial charge in [-0.05, 0) is 30.3 Å². The number of anilines is 3. The smallest absolute Gasteiger partial charge is 0.148 e. The number of pyridine rings is 1. The van der Waals surface area contributed by atoms with E-state index in [1.807, 2.05) is 0 Å². The molecule has 0 aliphatic carbocycles. The second kappa shape index (κ2) is 4.37. The molecule has 2 rings (SSSR count). The van der Waals surface area contributed by atoms with Gasteiger partial charge in [0, 0.05) is 5.02 Å². The number of nitrogens with two attached hydrogens (primary N) is 1. The Balaban J connectivity index is 2.27. The van der Waals surface area contributed by atoms with Crippen molar-refractivity contribution in [2.75, 3.05) is 11.1 Å². The number of aromatic nitrogens is 1. The molecule has 3 nitrogen and oxygen atoms in total. The van der Waals surface area contributed by atoms with Crippen LogP contribution in [0.3, 0.4) is 0 Å². The predicted octanol–water partition coefficient (Wildman–Crippen LogP) is 3.20. The number of rotatable bonds is 2. The summed E-state index contributed by atoms with van der Waals surface area (Å²) in [5.41, 5.74) is 5.82. The van der Waals surface area contributed by atoms with Gasteiger partial charge in [-0.25, -0.2) is 9.37 Å². The van der Waals surface area contributed by atoms with Gasteiger partial charge in [-0.15, -0.1) is 0 Å². The van der Waals surface area contributed by atoms with Crippen molar-refractivity contribution in [3.63, 3.8) is 0 Å². The van der Waals surface area contributed by atoms with Crippen molar-refractivity contribution in [2.45, 2.75) is 0 Å². The summed E-state index contributed by atoms with van der Waals surface area (Å²) >= 11 is 5.64. The lowest BCUT2D eigenvalue weighted by Gasteiger charge is -2.07. The number of nitrogen functional groups attached to an aromatic ring is 1. The topological polar surface area (TPSA) is 50.9 Å². The van der Waals surface area contributed by atoms with Crippen LogP contribution in [0.15, 0.2) is 36.4 Å². The Morgan fingerprint density at radius 3 is 2.75 bits per heavy atom. The zero-order valence-electron chi connectivity index (χ0n) is 8.24. The fourth-order valence-electron chi connectivity index (χ4n) is 1.25. The van der Waals surface area contributed by atoms with Gasteiger partial charge in [0.25, 0.3) is 0 Å². The molecule has 0 amide bonds. The highest BCUT2D eigenvalue weighted by molar-refractivity contribution is 6.30. The van der Waals surface area contributed by atoms with E-state index in [1.54, 1.807) is 30.3 Å². The van der Waals surface area contributed by atoms with Gasteiger partial charge in [-0.2, -0.15) is 0 Å². The van der Waals surface area contributed by atoms with Crippen molar-refractivity contribution >= 4 is 28.9 Å². The number of nitrogens with zero attached hydrogens (tertiary/aromatic N) is 1. The number of benzene rings is 1. The van der Waals surface area contributed by atoms with Crippen LogP contribution in [0.1, 0.15) is 0 Å². The van der Waals surface area contributed by atoms with E-state index < -0.39 is 5.82 Å². The van der Waals surface area contributed by atoms with E-state index >= 15 is 0 Å². The van der Waals surface area contributed by atoms with Gasteiger partial charge in [-0.3, -0.25) is 0 Å². The Morgan fingerprint density at radius 2 is 2.06 bits per heavy atom. The third kappa shape index (κ3) is 2.41. The van der Waals surface area contributed by atoms with E-state index in [2.05, 4.69) is 10.3 Å². The molecule has 0 fully saturated rings. The van der Waals surface area contributed by atoms with E-state index in [1.165, 1.54) is 6.07 Å². The average molecular weight is 238 g/mol. The molecule has 0 saturated carbocycles. The first kappa shape index (κ1) is 10.7. The molecular weight excluding hydrogens is 229 g/mol. The number of hydrogen-bond donors (Lipinski definition) is 2. The molecule has 0 radical (unpaired) electrons. The first-order chi connectivity index (χ1) is 7.65. The summed E-state index contributed by atoms with van der Waals surface area (Å²) in [5.74, 6) is 0.428. The average Bonchev–Trinajstić information content (AvgIpc) is 2.22. The summed E-state index contributed by atoms with van der Waals surface area (Å²) in [6, 6.07) is 9.46. The van der Waals surface area contributed by atoms with E-state index in [0.29, 0.717) is 22.3 Å². The molecule has 0 aliphatic heterocycles. The molecular formula is C11H9ClFN3. The van der Waals surface area contributed by atoms with Crippen LogP contribution in [-0.4, -0.2) is 4.98 Å². The molecule has 0 spiro atoms. The zero-order valence-corrected chi connectivity index (χ0v) is 9.00. The lowest BCUT2D eigenvalue weighted by molar-refractivity contribution is 0.632. The summed E-state index contributed by atoms with van der Waals surface area (Å²) in [6.45, 7) is 0.